The van der Waals surface area contributed by atoms with Crippen molar-refractivity contribution < 1.29 is 36.9 Å². The third-order valence-electron chi connectivity index (χ3n) is 4.75. The molecule has 0 spiro atoms. The molecule has 3 N–H and O–H groups in total. The number of alkyl halides is 2. The predicted molar refractivity (Wildman–Crippen MR) is 110 cm³/mol. The van der Waals surface area contributed by atoms with Gasteiger partial charge in [0.15, 0.2) is 5.54 Å². The molecule has 11 heteroatoms. The van der Waals surface area contributed by atoms with Gasteiger partial charge in [0.25, 0.3) is 12.5 Å². The molecule has 1 atom stereocenters. The topological polar surface area (TPSA) is 107 Å². The maximum atomic E-state index is 14.9. The van der Waals surface area contributed by atoms with E-state index in [-0.39, 0.29) is 36.0 Å². The van der Waals surface area contributed by atoms with Crippen molar-refractivity contribution in [3.63, 3.8) is 0 Å². The van der Waals surface area contributed by atoms with Crippen LogP contribution in [0.25, 0.3) is 11.1 Å². The van der Waals surface area contributed by atoms with Gasteiger partial charge < -0.3 is 20.3 Å². The first-order chi connectivity index (χ1) is 15.8. The minimum atomic E-state index is -3.08. The van der Waals surface area contributed by atoms with Crippen LogP contribution in [0.15, 0.2) is 65.8 Å². The molecule has 0 saturated heterocycles. The second-order valence-corrected chi connectivity index (χ2v) is 6.65. The highest BCUT2D eigenvalue weighted by Gasteiger charge is 2.42. The van der Waals surface area contributed by atoms with E-state index in [4.69, 9.17) is 20.4 Å². The number of aliphatic imine (C=N–C) groups is 1. The summed E-state index contributed by atoms with van der Waals surface area (Å²) in [7, 11) is 0. The highest BCUT2D eigenvalue weighted by atomic mass is 19.3. The summed E-state index contributed by atoms with van der Waals surface area (Å²) in [6.45, 7) is -3.46. The van der Waals surface area contributed by atoms with E-state index < -0.39 is 23.9 Å². The Morgan fingerprint density at radius 1 is 1.15 bits per heavy atom. The van der Waals surface area contributed by atoms with E-state index in [9.17, 15) is 17.6 Å². The van der Waals surface area contributed by atoms with Crippen LogP contribution in [0.1, 0.15) is 11.1 Å². The second kappa shape index (κ2) is 9.98. The molecule has 0 saturated carbocycles. The van der Waals surface area contributed by atoms with Gasteiger partial charge in [0, 0.05) is 23.4 Å². The van der Waals surface area contributed by atoms with Crippen molar-refractivity contribution in [2.75, 3.05) is 6.61 Å². The van der Waals surface area contributed by atoms with Gasteiger partial charge in [0.1, 0.15) is 18.2 Å². The molecule has 2 aromatic carbocycles. The number of hydrogen-bond donors (Lipinski definition) is 2. The van der Waals surface area contributed by atoms with Crippen LogP contribution >= 0.6 is 0 Å². The van der Waals surface area contributed by atoms with Gasteiger partial charge in [-0.25, -0.2) is 14.4 Å². The van der Waals surface area contributed by atoms with Gasteiger partial charge in [-0.1, -0.05) is 18.2 Å². The molecule has 1 unspecified atom stereocenters. The van der Waals surface area contributed by atoms with Crippen LogP contribution in [0.3, 0.4) is 0 Å². The maximum Gasteiger partial charge on any atom is 0.387 e. The molecule has 0 radical (unpaired) electrons. The van der Waals surface area contributed by atoms with Crippen LogP contribution in [0.5, 0.6) is 5.75 Å². The van der Waals surface area contributed by atoms with Gasteiger partial charge in [0.05, 0.1) is 0 Å². The zero-order valence-electron chi connectivity index (χ0n) is 16.8. The first-order valence-corrected chi connectivity index (χ1v) is 9.33. The number of amidine groups is 1. The number of hydrogen-bond acceptors (Lipinski definition) is 6. The summed E-state index contributed by atoms with van der Waals surface area (Å²) < 4.78 is 63.6. The SMILES string of the molecule is NC1=NC(c2cccc(-c3cccnc3F)c2)(c2ccc(OC(F)F)cc2F)CO1.O=CO. The lowest BCUT2D eigenvalue weighted by Gasteiger charge is -2.26. The molecular formula is C22H17F4N3O4. The van der Waals surface area contributed by atoms with Crippen molar-refractivity contribution in [3.05, 3.63) is 83.7 Å². The van der Waals surface area contributed by atoms with Crippen molar-refractivity contribution in [2.45, 2.75) is 12.2 Å². The Balaban J connectivity index is 0.000000968. The molecule has 7 nitrogen and oxygen atoms in total. The minimum Gasteiger partial charge on any atom is -0.483 e. The van der Waals surface area contributed by atoms with Crippen molar-refractivity contribution in [3.8, 4) is 16.9 Å². The highest BCUT2D eigenvalue weighted by molar-refractivity contribution is 5.76. The Morgan fingerprint density at radius 3 is 2.52 bits per heavy atom. The van der Waals surface area contributed by atoms with E-state index in [0.717, 1.165) is 6.07 Å². The van der Waals surface area contributed by atoms with Crippen LogP contribution in [0.4, 0.5) is 17.6 Å². The number of benzene rings is 2. The predicted octanol–water partition coefficient (Wildman–Crippen LogP) is 3.92. The zero-order chi connectivity index (χ0) is 24.0. The number of carbonyl (C=O) groups is 1. The standard InChI is InChI=1S/C21H15F4N3O2.CH2O2/c22-17-10-14(30-19(24)25)6-7-16(17)21(11-29-20(26)28-21)13-4-1-3-12(9-13)15-5-2-8-27-18(15)23;2-1-3/h1-10,19H,11H2,(H2,26,28);1H,(H,2,3). The van der Waals surface area contributed by atoms with E-state index >= 15 is 0 Å². The van der Waals surface area contributed by atoms with Crippen LogP contribution in [-0.4, -0.2) is 35.8 Å². The molecule has 2 heterocycles. The molecule has 1 aromatic heterocycles. The summed E-state index contributed by atoms with van der Waals surface area (Å²) in [6, 6.07) is 13.0. The summed E-state index contributed by atoms with van der Waals surface area (Å²) in [5.74, 6) is -1.81. The lowest BCUT2D eigenvalue weighted by atomic mass is 9.83. The van der Waals surface area contributed by atoms with Crippen LogP contribution < -0.4 is 10.5 Å². The molecule has 1 aliphatic rings. The van der Waals surface area contributed by atoms with E-state index in [1.54, 1.807) is 36.4 Å². The molecule has 3 aromatic rings. The Hall–Kier alpha value is -4.15. The number of nitrogens with two attached hydrogens (primary N) is 1. The molecular weight excluding hydrogens is 446 g/mol. The van der Waals surface area contributed by atoms with Crippen molar-refractivity contribution >= 4 is 12.5 Å². The summed E-state index contributed by atoms with van der Waals surface area (Å²) in [6.07, 6.45) is 1.33. The molecule has 4 rings (SSSR count). The van der Waals surface area contributed by atoms with Gasteiger partial charge in [-0.05, 0) is 41.5 Å². The van der Waals surface area contributed by atoms with Crippen LogP contribution in [0.2, 0.25) is 0 Å². The van der Waals surface area contributed by atoms with Crippen molar-refractivity contribution in [2.24, 2.45) is 10.7 Å². The molecule has 0 fully saturated rings. The van der Waals surface area contributed by atoms with Gasteiger partial charge in [-0.2, -0.15) is 13.2 Å². The molecule has 0 amide bonds. The second-order valence-electron chi connectivity index (χ2n) is 6.65. The number of carboxylic acid groups (broad SMARTS) is 1. The first-order valence-electron chi connectivity index (χ1n) is 9.33. The largest absolute Gasteiger partial charge is 0.483 e. The highest BCUT2D eigenvalue weighted by Crippen LogP contribution is 2.41. The Labute approximate surface area is 185 Å². The van der Waals surface area contributed by atoms with Gasteiger partial charge in [-0.3, -0.25) is 4.79 Å². The minimum absolute atomic E-state index is 0.0494. The summed E-state index contributed by atoms with van der Waals surface area (Å²) in [5, 5.41) is 6.89. The average Bonchev–Trinajstić information content (AvgIpc) is 3.17. The number of halogens is 4. The molecule has 0 bridgehead atoms. The fourth-order valence-corrected chi connectivity index (χ4v) is 3.43. The fraction of sp³-hybridized carbons (Fsp3) is 0.136. The van der Waals surface area contributed by atoms with Gasteiger partial charge >= 0.3 is 6.61 Å². The van der Waals surface area contributed by atoms with Gasteiger partial charge in [-0.15, -0.1) is 0 Å². The van der Waals surface area contributed by atoms with Crippen molar-refractivity contribution in [1.29, 1.82) is 0 Å². The lowest BCUT2D eigenvalue weighted by Crippen LogP contribution is -2.28. The Morgan fingerprint density at radius 2 is 1.91 bits per heavy atom. The summed E-state index contributed by atoms with van der Waals surface area (Å²) in [5.41, 5.74) is 5.61. The van der Waals surface area contributed by atoms with Crippen molar-refractivity contribution in [1.82, 2.24) is 4.98 Å². The number of pyridine rings is 1. The lowest BCUT2D eigenvalue weighted by molar-refractivity contribution is -0.122. The van der Waals surface area contributed by atoms with Gasteiger partial charge in [0.2, 0.25) is 5.95 Å². The van der Waals surface area contributed by atoms with E-state index in [2.05, 4.69) is 14.7 Å². The molecule has 172 valence electrons. The number of rotatable bonds is 5. The van der Waals surface area contributed by atoms with E-state index in [1.807, 2.05) is 0 Å². The third-order valence-corrected chi connectivity index (χ3v) is 4.75. The quantitative estimate of drug-likeness (QED) is 0.338. The molecule has 33 heavy (non-hydrogen) atoms. The number of ether oxygens (including phenoxy) is 2. The zero-order valence-corrected chi connectivity index (χ0v) is 16.8. The first kappa shape index (κ1) is 23.5. The fourth-order valence-electron chi connectivity index (χ4n) is 3.43. The Bertz CT molecular complexity index is 1180. The maximum absolute atomic E-state index is 14.9. The average molecular weight is 463 g/mol. The normalized spacial score (nSPS) is 16.9. The smallest absolute Gasteiger partial charge is 0.387 e. The Kier molecular flexibility index (Phi) is 7.11. The number of aromatic nitrogens is 1. The summed E-state index contributed by atoms with van der Waals surface area (Å²) >= 11 is 0. The van der Waals surface area contributed by atoms with Crippen LogP contribution in [0, 0.1) is 11.8 Å². The third kappa shape index (κ3) is 5.03. The van der Waals surface area contributed by atoms with Crippen LogP contribution in [-0.2, 0) is 15.1 Å². The summed E-state index contributed by atoms with van der Waals surface area (Å²) in [4.78, 5) is 16.3. The van der Waals surface area contributed by atoms with E-state index in [0.29, 0.717) is 11.1 Å². The van der Waals surface area contributed by atoms with E-state index in [1.165, 1.54) is 18.3 Å². The number of nitrogens with zero attached hydrogens (tertiary/aromatic N) is 2. The monoisotopic (exact) mass is 463 g/mol. The molecule has 0 aliphatic carbocycles. The molecule has 1 aliphatic heterocycles.